The lowest BCUT2D eigenvalue weighted by Crippen LogP contribution is -2.44. The number of sulfone groups is 1. The molecule has 1 aliphatic rings. The molecule has 2 rings (SSSR count). The van der Waals surface area contributed by atoms with Crippen molar-refractivity contribution >= 4 is 31.3 Å². The van der Waals surface area contributed by atoms with E-state index in [9.17, 15) is 26.9 Å². The van der Waals surface area contributed by atoms with Crippen molar-refractivity contribution in [2.45, 2.75) is 4.90 Å². The molecule has 0 amide bonds. The summed E-state index contributed by atoms with van der Waals surface area (Å²) in [6.45, 7) is 2.28. The molecule has 1 aromatic rings. The quantitative estimate of drug-likeness (QED) is 0.385. The molecule has 0 saturated carbocycles. The second kappa shape index (κ2) is 7.01. The summed E-state index contributed by atoms with van der Waals surface area (Å²) in [7, 11) is -8.60. The summed E-state index contributed by atoms with van der Waals surface area (Å²) in [5, 5.41) is 14.0. The van der Waals surface area contributed by atoms with Crippen molar-refractivity contribution in [3.05, 3.63) is 28.3 Å². The van der Waals surface area contributed by atoms with E-state index in [0.717, 1.165) is 6.07 Å². The van der Waals surface area contributed by atoms with Crippen LogP contribution in [0.1, 0.15) is 0 Å². The fourth-order valence-electron chi connectivity index (χ4n) is 2.36. The standard InChI is InChI=1S/C12H17N3O7S2/c16-15(17)10-1-2-11(14-5-3-13-4-6-14)12(9-10)23(18,19)7-8-24(20,21)22/h1-2,9,13H,3-8H2,(H,20,21,22). The molecular formula is C12H17N3O7S2. The lowest BCUT2D eigenvalue weighted by Gasteiger charge is -2.30. The van der Waals surface area contributed by atoms with E-state index in [1.807, 2.05) is 0 Å². The molecular weight excluding hydrogens is 362 g/mol. The van der Waals surface area contributed by atoms with Gasteiger partial charge in [0.05, 0.1) is 27.0 Å². The van der Waals surface area contributed by atoms with Gasteiger partial charge in [-0.1, -0.05) is 0 Å². The van der Waals surface area contributed by atoms with Gasteiger partial charge in [-0.05, 0) is 6.07 Å². The predicted molar refractivity (Wildman–Crippen MR) is 86.6 cm³/mol. The molecule has 24 heavy (non-hydrogen) atoms. The Morgan fingerprint density at radius 3 is 2.33 bits per heavy atom. The fraction of sp³-hybridized carbons (Fsp3) is 0.500. The fourth-order valence-corrected chi connectivity index (χ4v) is 5.11. The smallest absolute Gasteiger partial charge is 0.270 e. The number of non-ortho nitro benzene ring substituents is 1. The first kappa shape index (κ1) is 18.6. The Morgan fingerprint density at radius 1 is 1.17 bits per heavy atom. The Morgan fingerprint density at radius 2 is 1.79 bits per heavy atom. The van der Waals surface area contributed by atoms with Crippen molar-refractivity contribution in [3.63, 3.8) is 0 Å². The molecule has 1 fully saturated rings. The number of hydrogen-bond donors (Lipinski definition) is 2. The van der Waals surface area contributed by atoms with Gasteiger partial charge in [-0.15, -0.1) is 0 Å². The Kier molecular flexibility index (Phi) is 5.42. The summed E-state index contributed by atoms with van der Waals surface area (Å²) in [4.78, 5) is 11.7. The maximum Gasteiger partial charge on any atom is 0.270 e. The molecule has 0 spiro atoms. The highest BCUT2D eigenvalue weighted by Gasteiger charge is 2.27. The van der Waals surface area contributed by atoms with Crippen LogP contribution < -0.4 is 10.2 Å². The molecule has 1 aromatic carbocycles. The Hall–Kier alpha value is -1.76. The van der Waals surface area contributed by atoms with E-state index in [-0.39, 0.29) is 10.6 Å². The minimum atomic E-state index is -4.47. The van der Waals surface area contributed by atoms with Gasteiger partial charge >= 0.3 is 0 Å². The number of nitro groups is 1. The average Bonchev–Trinajstić information content (AvgIpc) is 2.53. The first-order valence-electron chi connectivity index (χ1n) is 7.02. The van der Waals surface area contributed by atoms with E-state index >= 15 is 0 Å². The lowest BCUT2D eigenvalue weighted by atomic mass is 10.2. The highest BCUT2D eigenvalue weighted by molar-refractivity contribution is 7.93. The van der Waals surface area contributed by atoms with Crippen LogP contribution in [0.3, 0.4) is 0 Å². The van der Waals surface area contributed by atoms with Gasteiger partial charge in [0, 0.05) is 38.3 Å². The summed E-state index contributed by atoms with van der Waals surface area (Å²) in [6, 6.07) is 3.49. The SMILES string of the molecule is O=[N+]([O-])c1ccc(N2CCNCC2)c(S(=O)(=O)CCS(=O)(=O)O)c1. The normalized spacial score (nSPS) is 16.1. The van der Waals surface area contributed by atoms with Crippen molar-refractivity contribution in [2.75, 3.05) is 42.6 Å². The first-order chi connectivity index (χ1) is 11.1. The monoisotopic (exact) mass is 379 g/mol. The van der Waals surface area contributed by atoms with E-state index in [2.05, 4.69) is 5.32 Å². The number of nitro benzene ring substituents is 1. The topological polar surface area (TPSA) is 147 Å². The van der Waals surface area contributed by atoms with Crippen molar-refractivity contribution < 1.29 is 26.3 Å². The van der Waals surface area contributed by atoms with Gasteiger partial charge in [-0.2, -0.15) is 8.42 Å². The second-order valence-corrected chi connectivity index (χ2v) is 8.90. The van der Waals surface area contributed by atoms with E-state index < -0.39 is 42.1 Å². The molecule has 12 heteroatoms. The van der Waals surface area contributed by atoms with Crippen LogP contribution in [0.2, 0.25) is 0 Å². The average molecular weight is 379 g/mol. The van der Waals surface area contributed by atoms with Gasteiger partial charge in [0.25, 0.3) is 15.8 Å². The van der Waals surface area contributed by atoms with E-state index in [4.69, 9.17) is 4.55 Å². The predicted octanol–water partition coefficient (Wildman–Crippen LogP) is -0.334. The Bertz CT molecular complexity index is 830. The van der Waals surface area contributed by atoms with E-state index in [1.165, 1.54) is 12.1 Å². The van der Waals surface area contributed by atoms with E-state index in [0.29, 0.717) is 26.2 Å². The molecule has 0 unspecified atom stereocenters. The Labute approximate surface area is 139 Å². The molecule has 0 radical (unpaired) electrons. The maximum atomic E-state index is 12.5. The number of benzene rings is 1. The van der Waals surface area contributed by atoms with E-state index in [1.54, 1.807) is 4.90 Å². The molecule has 0 bridgehead atoms. The number of nitrogens with zero attached hydrogens (tertiary/aromatic N) is 2. The van der Waals surface area contributed by atoms with Crippen LogP contribution in [0.25, 0.3) is 0 Å². The van der Waals surface area contributed by atoms with Gasteiger partial charge in [-0.25, -0.2) is 8.42 Å². The summed E-state index contributed by atoms with van der Waals surface area (Å²) in [5.74, 6) is -1.83. The van der Waals surface area contributed by atoms with Crippen molar-refractivity contribution in [1.82, 2.24) is 5.32 Å². The summed E-state index contributed by atoms with van der Waals surface area (Å²) in [6.07, 6.45) is 0. The zero-order valence-electron chi connectivity index (χ0n) is 12.6. The van der Waals surface area contributed by atoms with Gasteiger partial charge in [0.2, 0.25) is 0 Å². The third-order valence-corrected chi connectivity index (χ3v) is 6.27. The number of rotatable bonds is 6. The number of piperazine rings is 1. The van der Waals surface area contributed by atoms with Gasteiger partial charge in [-0.3, -0.25) is 14.7 Å². The van der Waals surface area contributed by atoms with Crippen LogP contribution in [0.15, 0.2) is 23.1 Å². The molecule has 1 saturated heterocycles. The van der Waals surface area contributed by atoms with Crippen LogP contribution >= 0.6 is 0 Å². The minimum Gasteiger partial charge on any atom is -0.368 e. The van der Waals surface area contributed by atoms with Crippen molar-refractivity contribution in [2.24, 2.45) is 0 Å². The second-order valence-electron chi connectivity index (χ2n) is 5.25. The van der Waals surface area contributed by atoms with Crippen LogP contribution in [0.5, 0.6) is 0 Å². The van der Waals surface area contributed by atoms with Gasteiger partial charge in [0.15, 0.2) is 9.84 Å². The molecule has 0 atom stereocenters. The van der Waals surface area contributed by atoms with Crippen LogP contribution in [-0.4, -0.2) is 64.0 Å². The van der Waals surface area contributed by atoms with Gasteiger partial charge in [0.1, 0.15) is 0 Å². The molecule has 0 aliphatic carbocycles. The molecule has 1 aliphatic heterocycles. The largest absolute Gasteiger partial charge is 0.368 e. The Balaban J connectivity index is 2.47. The maximum absolute atomic E-state index is 12.5. The lowest BCUT2D eigenvalue weighted by molar-refractivity contribution is -0.385. The van der Waals surface area contributed by atoms with Crippen LogP contribution in [0.4, 0.5) is 11.4 Å². The summed E-state index contributed by atoms with van der Waals surface area (Å²) >= 11 is 0. The molecule has 10 nitrogen and oxygen atoms in total. The zero-order chi connectivity index (χ0) is 18.0. The molecule has 0 aromatic heterocycles. The molecule has 2 N–H and O–H groups in total. The van der Waals surface area contributed by atoms with Crippen LogP contribution in [0, 0.1) is 10.1 Å². The zero-order valence-corrected chi connectivity index (χ0v) is 14.2. The highest BCUT2D eigenvalue weighted by Crippen LogP contribution is 2.30. The number of anilines is 1. The third kappa shape index (κ3) is 4.63. The van der Waals surface area contributed by atoms with Gasteiger partial charge < -0.3 is 10.2 Å². The summed E-state index contributed by atoms with van der Waals surface area (Å²) in [5.41, 5.74) is -0.114. The van der Waals surface area contributed by atoms with Crippen molar-refractivity contribution in [1.29, 1.82) is 0 Å². The number of nitrogens with one attached hydrogen (secondary N) is 1. The number of hydrogen-bond acceptors (Lipinski definition) is 8. The van der Waals surface area contributed by atoms with Crippen molar-refractivity contribution in [3.8, 4) is 0 Å². The molecule has 134 valence electrons. The first-order valence-corrected chi connectivity index (χ1v) is 10.3. The molecule has 1 heterocycles. The highest BCUT2D eigenvalue weighted by atomic mass is 32.2. The summed E-state index contributed by atoms with van der Waals surface area (Å²) < 4.78 is 55.4. The third-order valence-electron chi connectivity index (χ3n) is 3.56. The minimum absolute atomic E-state index is 0.289. The van der Waals surface area contributed by atoms with Crippen LogP contribution in [-0.2, 0) is 20.0 Å².